The Kier molecular flexibility index (Phi) is 7.86. The summed E-state index contributed by atoms with van der Waals surface area (Å²) in [5.41, 5.74) is 2.05. The number of esters is 1. The third-order valence-electron chi connectivity index (χ3n) is 5.09. The molecule has 1 N–H and O–H groups in total. The van der Waals surface area contributed by atoms with Crippen molar-refractivity contribution >= 4 is 56.5 Å². The normalized spacial score (nSPS) is 11.1. The molecule has 3 rings (SSSR count). The quantitative estimate of drug-likeness (QED) is 0.430. The van der Waals surface area contributed by atoms with E-state index < -0.39 is 28.4 Å². The summed E-state index contributed by atoms with van der Waals surface area (Å²) in [7, 11) is -2.92. The highest BCUT2D eigenvalue weighted by Crippen LogP contribution is 2.33. The Morgan fingerprint density at radius 2 is 1.68 bits per heavy atom. The second-order valence-corrected chi connectivity index (χ2v) is 10.1. The smallest absolute Gasteiger partial charge is 0.338 e. The molecule has 178 valence electrons. The number of benzene rings is 3. The predicted octanol–water partition coefficient (Wildman–Crippen LogP) is 5.23. The minimum Gasteiger partial charge on any atom is -0.465 e. The molecule has 0 fully saturated rings. The van der Waals surface area contributed by atoms with Gasteiger partial charge in [-0.1, -0.05) is 47.0 Å². The average molecular weight is 521 g/mol. The number of anilines is 2. The van der Waals surface area contributed by atoms with E-state index >= 15 is 0 Å². The maximum Gasteiger partial charge on any atom is 0.338 e. The second kappa shape index (κ2) is 10.5. The van der Waals surface area contributed by atoms with Gasteiger partial charge in [-0.25, -0.2) is 13.2 Å². The number of nitrogens with one attached hydrogen (secondary N) is 1. The molecule has 0 unspecified atom stereocenters. The Morgan fingerprint density at radius 3 is 2.32 bits per heavy atom. The van der Waals surface area contributed by atoms with E-state index in [1.54, 1.807) is 37.3 Å². The van der Waals surface area contributed by atoms with Crippen molar-refractivity contribution in [3.8, 4) is 0 Å². The van der Waals surface area contributed by atoms with Crippen molar-refractivity contribution < 1.29 is 22.7 Å². The highest BCUT2D eigenvalue weighted by atomic mass is 35.5. The molecule has 34 heavy (non-hydrogen) atoms. The van der Waals surface area contributed by atoms with E-state index in [9.17, 15) is 18.0 Å². The minimum absolute atomic E-state index is 0.00851. The summed E-state index contributed by atoms with van der Waals surface area (Å²) in [6.07, 6.45) is 0. The van der Waals surface area contributed by atoms with Gasteiger partial charge in [0.25, 0.3) is 10.0 Å². The number of rotatable bonds is 7. The van der Waals surface area contributed by atoms with Crippen LogP contribution in [0.3, 0.4) is 0 Å². The first kappa shape index (κ1) is 25.6. The molecular formula is C24H22Cl2N2O5S. The van der Waals surface area contributed by atoms with Gasteiger partial charge in [-0.15, -0.1) is 0 Å². The van der Waals surface area contributed by atoms with Gasteiger partial charge in [-0.3, -0.25) is 9.10 Å². The van der Waals surface area contributed by atoms with Crippen molar-refractivity contribution in [1.82, 2.24) is 0 Å². The lowest BCUT2D eigenvalue weighted by Gasteiger charge is -2.25. The molecule has 0 aromatic heterocycles. The number of sulfonamides is 1. The molecule has 10 heteroatoms. The lowest BCUT2D eigenvalue weighted by Crippen LogP contribution is -2.38. The first-order chi connectivity index (χ1) is 16.0. The standard InChI is InChI=1S/C24H22Cl2N2O5S/c1-15-7-10-18(11-8-15)34(31,32)28(22-13-17(25)9-12-20(22)26)14-23(29)27-21-6-4-5-19(16(21)2)24(30)33-3/h4-13H,14H2,1-3H3,(H,27,29). The first-order valence-corrected chi connectivity index (χ1v) is 12.3. The molecule has 0 saturated heterocycles. The zero-order chi connectivity index (χ0) is 25.0. The Balaban J connectivity index is 2.00. The number of amides is 1. The molecular weight excluding hydrogens is 499 g/mol. The molecule has 1 amide bonds. The van der Waals surface area contributed by atoms with Gasteiger partial charge in [-0.2, -0.15) is 0 Å². The third-order valence-corrected chi connectivity index (χ3v) is 7.41. The van der Waals surface area contributed by atoms with Gasteiger partial charge in [0.05, 0.1) is 28.3 Å². The SMILES string of the molecule is COC(=O)c1cccc(NC(=O)CN(c2cc(Cl)ccc2Cl)S(=O)(=O)c2ccc(C)cc2)c1C. The molecule has 0 radical (unpaired) electrons. The van der Waals surface area contributed by atoms with E-state index in [1.807, 2.05) is 6.92 Å². The Hall–Kier alpha value is -3.07. The molecule has 0 aliphatic rings. The van der Waals surface area contributed by atoms with E-state index in [4.69, 9.17) is 27.9 Å². The third kappa shape index (κ3) is 5.52. The van der Waals surface area contributed by atoms with E-state index in [0.717, 1.165) is 9.87 Å². The summed E-state index contributed by atoms with van der Waals surface area (Å²) in [5.74, 6) is -1.19. The van der Waals surface area contributed by atoms with Crippen LogP contribution in [0.2, 0.25) is 10.0 Å². The van der Waals surface area contributed by atoms with Crippen molar-refractivity contribution in [1.29, 1.82) is 0 Å². The number of aryl methyl sites for hydroxylation is 1. The molecule has 0 bridgehead atoms. The number of carbonyl (C=O) groups excluding carboxylic acids is 2. The lowest BCUT2D eigenvalue weighted by molar-refractivity contribution is -0.114. The number of hydrogen-bond acceptors (Lipinski definition) is 5. The molecule has 0 saturated carbocycles. The molecule has 3 aromatic rings. The van der Waals surface area contributed by atoms with Crippen LogP contribution < -0.4 is 9.62 Å². The van der Waals surface area contributed by atoms with Crippen molar-refractivity contribution in [2.45, 2.75) is 18.7 Å². The lowest BCUT2D eigenvalue weighted by atomic mass is 10.1. The number of carbonyl (C=O) groups is 2. The number of halogens is 2. The number of ether oxygens (including phenoxy) is 1. The summed E-state index contributed by atoms with van der Waals surface area (Å²) in [5, 5.41) is 3.03. The van der Waals surface area contributed by atoms with Crippen LogP contribution in [0, 0.1) is 13.8 Å². The fourth-order valence-corrected chi connectivity index (χ4v) is 5.10. The average Bonchev–Trinajstić information content (AvgIpc) is 2.80. The van der Waals surface area contributed by atoms with Crippen LogP contribution in [0.15, 0.2) is 65.6 Å². The van der Waals surface area contributed by atoms with Gasteiger partial charge >= 0.3 is 5.97 Å². The van der Waals surface area contributed by atoms with Crippen LogP contribution in [-0.2, 0) is 19.6 Å². The van der Waals surface area contributed by atoms with Crippen molar-refractivity contribution in [3.63, 3.8) is 0 Å². The van der Waals surface area contributed by atoms with Gasteiger partial charge in [-0.05, 0) is 61.9 Å². The first-order valence-electron chi connectivity index (χ1n) is 10.1. The van der Waals surface area contributed by atoms with Crippen molar-refractivity contribution in [2.24, 2.45) is 0 Å². The fraction of sp³-hybridized carbons (Fsp3) is 0.167. The maximum absolute atomic E-state index is 13.5. The van der Waals surface area contributed by atoms with E-state index in [2.05, 4.69) is 5.32 Å². The van der Waals surface area contributed by atoms with Gasteiger partial charge < -0.3 is 10.1 Å². The van der Waals surface area contributed by atoms with E-state index in [-0.39, 0.29) is 26.2 Å². The molecule has 0 atom stereocenters. The van der Waals surface area contributed by atoms with Gasteiger partial charge in [0.2, 0.25) is 5.91 Å². The summed E-state index contributed by atoms with van der Waals surface area (Å²) < 4.78 is 32.7. The number of nitrogens with zero attached hydrogens (tertiary/aromatic N) is 1. The van der Waals surface area contributed by atoms with Crippen LogP contribution in [-0.4, -0.2) is 33.9 Å². The van der Waals surface area contributed by atoms with Gasteiger partial charge in [0.15, 0.2) is 0 Å². The number of methoxy groups -OCH3 is 1. The summed E-state index contributed by atoms with van der Waals surface area (Å²) in [6.45, 7) is 2.90. The topological polar surface area (TPSA) is 92.8 Å². The van der Waals surface area contributed by atoms with Crippen LogP contribution in [0.1, 0.15) is 21.5 Å². The molecule has 0 heterocycles. The van der Waals surface area contributed by atoms with Crippen LogP contribution >= 0.6 is 23.2 Å². The zero-order valence-corrected chi connectivity index (χ0v) is 21.0. The Labute approximate surface area is 208 Å². The summed E-state index contributed by atoms with van der Waals surface area (Å²) in [6, 6.07) is 15.3. The van der Waals surface area contributed by atoms with Crippen LogP contribution in [0.4, 0.5) is 11.4 Å². The Bertz CT molecular complexity index is 1340. The van der Waals surface area contributed by atoms with Crippen molar-refractivity contribution in [2.75, 3.05) is 23.3 Å². The van der Waals surface area contributed by atoms with Gasteiger partial charge in [0.1, 0.15) is 6.54 Å². The molecule has 0 aliphatic carbocycles. The largest absolute Gasteiger partial charge is 0.465 e. The predicted molar refractivity (Wildman–Crippen MR) is 133 cm³/mol. The Morgan fingerprint density at radius 1 is 1.00 bits per heavy atom. The monoisotopic (exact) mass is 520 g/mol. The fourth-order valence-electron chi connectivity index (χ4n) is 3.24. The van der Waals surface area contributed by atoms with Crippen LogP contribution in [0.5, 0.6) is 0 Å². The molecule has 0 spiro atoms. The molecule has 7 nitrogen and oxygen atoms in total. The summed E-state index contributed by atoms with van der Waals surface area (Å²) >= 11 is 12.4. The zero-order valence-electron chi connectivity index (χ0n) is 18.6. The maximum atomic E-state index is 13.5. The van der Waals surface area contributed by atoms with Crippen LogP contribution in [0.25, 0.3) is 0 Å². The molecule has 3 aromatic carbocycles. The number of hydrogen-bond donors (Lipinski definition) is 1. The second-order valence-electron chi connectivity index (χ2n) is 7.44. The highest BCUT2D eigenvalue weighted by Gasteiger charge is 2.29. The van der Waals surface area contributed by atoms with E-state index in [0.29, 0.717) is 11.3 Å². The highest BCUT2D eigenvalue weighted by molar-refractivity contribution is 7.92. The molecule has 0 aliphatic heterocycles. The minimum atomic E-state index is -4.18. The van der Waals surface area contributed by atoms with Crippen molar-refractivity contribution in [3.05, 3.63) is 87.4 Å². The summed E-state index contributed by atoms with van der Waals surface area (Å²) in [4.78, 5) is 25.0. The van der Waals surface area contributed by atoms with E-state index in [1.165, 1.54) is 37.4 Å². The van der Waals surface area contributed by atoms with Gasteiger partial charge in [0, 0.05) is 10.7 Å².